The monoisotopic (exact) mass is 374 g/mol. The minimum atomic E-state index is 1.18. The lowest BCUT2D eigenvalue weighted by molar-refractivity contribution is 0.575. The van der Waals surface area contributed by atoms with Crippen molar-refractivity contribution in [1.29, 1.82) is 0 Å². The van der Waals surface area contributed by atoms with E-state index in [9.17, 15) is 0 Å². The van der Waals surface area contributed by atoms with Gasteiger partial charge in [0.2, 0.25) is 0 Å². The summed E-state index contributed by atoms with van der Waals surface area (Å²) in [6.07, 6.45) is 12.2. The molecule has 1 rings (SSSR count). The highest BCUT2D eigenvalue weighted by Crippen LogP contribution is 2.26. The van der Waals surface area contributed by atoms with Crippen LogP contribution in [0.5, 0.6) is 0 Å². The van der Waals surface area contributed by atoms with Crippen LogP contribution in [0.25, 0.3) is 0 Å². The lowest BCUT2D eigenvalue weighted by Crippen LogP contribution is -1.89. The zero-order valence-corrected chi connectivity index (χ0v) is 14.5. The number of unbranched alkanes of at least 4 members (excludes halogenated alkanes) is 7. The Kier molecular flexibility index (Phi) is 9.04. The molecular weight excluding hydrogens is 352 g/mol. The van der Waals surface area contributed by atoms with Crippen molar-refractivity contribution in [3.8, 4) is 0 Å². The van der Waals surface area contributed by atoms with E-state index < -0.39 is 0 Å². The SMILES string of the molecule is CCCCCCCCCCc1c(Br)cccc1Br. The van der Waals surface area contributed by atoms with E-state index in [2.05, 4.69) is 57.0 Å². The maximum absolute atomic E-state index is 3.63. The van der Waals surface area contributed by atoms with Gasteiger partial charge in [0.05, 0.1) is 0 Å². The Labute approximate surface area is 129 Å². The van der Waals surface area contributed by atoms with Crippen LogP contribution in [0.2, 0.25) is 0 Å². The first-order valence-electron chi connectivity index (χ1n) is 7.18. The second-order valence-corrected chi connectivity index (χ2v) is 6.63. The van der Waals surface area contributed by atoms with Gasteiger partial charge in [0.15, 0.2) is 0 Å². The summed E-state index contributed by atoms with van der Waals surface area (Å²) in [6, 6.07) is 6.33. The number of halogens is 2. The van der Waals surface area contributed by atoms with Crippen molar-refractivity contribution >= 4 is 31.9 Å². The van der Waals surface area contributed by atoms with Crippen LogP contribution in [0.3, 0.4) is 0 Å². The van der Waals surface area contributed by atoms with Crippen LogP contribution >= 0.6 is 31.9 Å². The molecule has 0 aliphatic carbocycles. The van der Waals surface area contributed by atoms with Gasteiger partial charge in [0.25, 0.3) is 0 Å². The predicted molar refractivity (Wildman–Crippen MR) is 88.2 cm³/mol. The first kappa shape index (κ1) is 16.2. The number of hydrogen-bond donors (Lipinski definition) is 0. The summed E-state index contributed by atoms with van der Waals surface area (Å²) < 4.78 is 2.47. The molecule has 0 bridgehead atoms. The van der Waals surface area contributed by atoms with E-state index in [4.69, 9.17) is 0 Å². The van der Waals surface area contributed by atoms with E-state index in [1.165, 1.54) is 72.3 Å². The molecule has 0 aliphatic rings. The molecule has 0 spiro atoms. The Morgan fingerprint density at radius 2 is 1.28 bits per heavy atom. The molecule has 0 fully saturated rings. The van der Waals surface area contributed by atoms with E-state index in [-0.39, 0.29) is 0 Å². The summed E-state index contributed by atoms with van der Waals surface area (Å²) in [5.41, 5.74) is 1.42. The first-order valence-corrected chi connectivity index (χ1v) is 8.77. The van der Waals surface area contributed by atoms with Gasteiger partial charge in [-0.05, 0) is 30.5 Å². The third-order valence-corrected chi connectivity index (χ3v) is 4.83. The standard InChI is InChI=1S/C16H24Br2/c1-2-3-4-5-6-7-8-9-11-14-15(17)12-10-13-16(14)18/h10,12-13H,2-9,11H2,1H3. The van der Waals surface area contributed by atoms with E-state index >= 15 is 0 Å². The molecule has 0 heterocycles. The molecular formula is C16H24Br2. The molecule has 0 radical (unpaired) electrons. The molecule has 0 aromatic heterocycles. The zero-order chi connectivity index (χ0) is 13.2. The predicted octanol–water partition coefficient (Wildman–Crippen LogP) is 6.89. The average molecular weight is 376 g/mol. The number of hydrogen-bond acceptors (Lipinski definition) is 0. The number of rotatable bonds is 9. The van der Waals surface area contributed by atoms with Gasteiger partial charge < -0.3 is 0 Å². The lowest BCUT2D eigenvalue weighted by atomic mass is 10.0. The highest BCUT2D eigenvalue weighted by Gasteiger charge is 2.03. The Hall–Kier alpha value is 0.180. The summed E-state index contributed by atoms with van der Waals surface area (Å²) in [4.78, 5) is 0. The molecule has 0 atom stereocenters. The second kappa shape index (κ2) is 10.0. The van der Waals surface area contributed by atoms with E-state index in [1.54, 1.807) is 0 Å². The normalized spacial score (nSPS) is 10.8. The minimum Gasteiger partial charge on any atom is -0.0654 e. The Morgan fingerprint density at radius 3 is 1.83 bits per heavy atom. The quantitative estimate of drug-likeness (QED) is 0.412. The van der Waals surface area contributed by atoms with E-state index in [1.807, 2.05) is 0 Å². The van der Waals surface area contributed by atoms with Crippen LogP contribution in [0.1, 0.15) is 63.9 Å². The first-order chi connectivity index (χ1) is 8.75. The fraction of sp³-hybridized carbons (Fsp3) is 0.625. The van der Waals surface area contributed by atoms with Crippen LogP contribution in [-0.4, -0.2) is 0 Å². The maximum atomic E-state index is 3.63. The van der Waals surface area contributed by atoms with Crippen molar-refractivity contribution in [3.63, 3.8) is 0 Å². The lowest BCUT2D eigenvalue weighted by Gasteiger charge is -2.07. The number of benzene rings is 1. The van der Waals surface area contributed by atoms with Gasteiger partial charge in [0.1, 0.15) is 0 Å². The molecule has 0 N–H and O–H groups in total. The summed E-state index contributed by atoms with van der Waals surface area (Å²) in [5, 5.41) is 0. The molecule has 2 heteroatoms. The van der Waals surface area contributed by atoms with Crippen LogP contribution in [0.4, 0.5) is 0 Å². The molecule has 0 amide bonds. The fourth-order valence-corrected chi connectivity index (χ4v) is 3.60. The summed E-state index contributed by atoms with van der Waals surface area (Å²) >= 11 is 7.26. The fourth-order valence-electron chi connectivity index (χ4n) is 2.21. The van der Waals surface area contributed by atoms with Crippen LogP contribution in [-0.2, 0) is 6.42 Å². The molecule has 0 unspecified atom stereocenters. The highest BCUT2D eigenvalue weighted by atomic mass is 79.9. The molecule has 102 valence electrons. The molecule has 0 nitrogen and oxygen atoms in total. The smallest absolute Gasteiger partial charge is 0.0218 e. The Morgan fingerprint density at radius 1 is 0.778 bits per heavy atom. The van der Waals surface area contributed by atoms with Gasteiger partial charge in [-0.3, -0.25) is 0 Å². The van der Waals surface area contributed by atoms with Crippen molar-refractivity contribution in [2.24, 2.45) is 0 Å². The van der Waals surface area contributed by atoms with E-state index in [0.717, 1.165) is 0 Å². The van der Waals surface area contributed by atoms with Crippen LogP contribution < -0.4 is 0 Å². The molecule has 1 aromatic rings. The second-order valence-electron chi connectivity index (χ2n) is 4.93. The Balaban J connectivity index is 2.11. The molecule has 0 saturated carbocycles. The maximum Gasteiger partial charge on any atom is 0.0218 e. The van der Waals surface area contributed by atoms with Gasteiger partial charge in [-0.2, -0.15) is 0 Å². The topological polar surface area (TPSA) is 0 Å². The van der Waals surface area contributed by atoms with Crippen molar-refractivity contribution in [2.45, 2.75) is 64.7 Å². The van der Waals surface area contributed by atoms with Gasteiger partial charge in [-0.25, -0.2) is 0 Å². The van der Waals surface area contributed by atoms with E-state index in [0.29, 0.717) is 0 Å². The third-order valence-electron chi connectivity index (χ3n) is 3.34. The van der Waals surface area contributed by atoms with Crippen LogP contribution in [0, 0.1) is 0 Å². The van der Waals surface area contributed by atoms with Crippen molar-refractivity contribution in [2.75, 3.05) is 0 Å². The highest BCUT2D eigenvalue weighted by molar-refractivity contribution is 9.11. The summed E-state index contributed by atoms with van der Waals surface area (Å²) in [6.45, 7) is 2.27. The molecule has 0 saturated heterocycles. The minimum absolute atomic E-state index is 1.18. The third kappa shape index (κ3) is 6.38. The van der Waals surface area contributed by atoms with Gasteiger partial charge in [-0.15, -0.1) is 0 Å². The summed E-state index contributed by atoms with van der Waals surface area (Å²) in [5.74, 6) is 0. The van der Waals surface area contributed by atoms with Gasteiger partial charge in [-0.1, -0.05) is 89.8 Å². The van der Waals surface area contributed by atoms with Crippen molar-refractivity contribution in [3.05, 3.63) is 32.7 Å². The molecule has 1 aromatic carbocycles. The molecule has 0 aliphatic heterocycles. The molecule has 18 heavy (non-hydrogen) atoms. The Bertz CT molecular complexity index is 314. The van der Waals surface area contributed by atoms with Gasteiger partial charge in [0, 0.05) is 8.95 Å². The average Bonchev–Trinajstić information content (AvgIpc) is 2.35. The van der Waals surface area contributed by atoms with Gasteiger partial charge >= 0.3 is 0 Å². The summed E-state index contributed by atoms with van der Waals surface area (Å²) in [7, 11) is 0. The van der Waals surface area contributed by atoms with Crippen molar-refractivity contribution in [1.82, 2.24) is 0 Å². The van der Waals surface area contributed by atoms with Crippen LogP contribution in [0.15, 0.2) is 27.1 Å². The van der Waals surface area contributed by atoms with Crippen molar-refractivity contribution < 1.29 is 0 Å². The zero-order valence-electron chi connectivity index (χ0n) is 11.4. The largest absolute Gasteiger partial charge is 0.0654 e.